The highest BCUT2D eigenvalue weighted by Crippen LogP contribution is 2.09. The molecule has 0 radical (unpaired) electrons. The molecular weight excluding hydrogens is 192 g/mol. The van der Waals surface area contributed by atoms with Gasteiger partial charge in [0.1, 0.15) is 5.75 Å². The molecule has 0 spiro atoms. The first-order valence-electron chi connectivity index (χ1n) is 4.73. The van der Waals surface area contributed by atoms with Crippen LogP contribution in [0.4, 0.5) is 0 Å². The first kappa shape index (κ1) is 11.2. The van der Waals surface area contributed by atoms with Crippen molar-refractivity contribution in [2.45, 2.75) is 13.3 Å². The van der Waals surface area contributed by atoms with Gasteiger partial charge in [0.05, 0.1) is 6.20 Å². The molecule has 0 aromatic carbocycles. The number of carbonyl (C=O) groups excluding carboxylic acids is 1. The Kier molecular flexibility index (Phi) is 4.34. The van der Waals surface area contributed by atoms with Crippen molar-refractivity contribution in [3.8, 4) is 5.75 Å². The molecule has 1 amide bonds. The van der Waals surface area contributed by atoms with Crippen LogP contribution in [0, 0.1) is 0 Å². The molecule has 15 heavy (non-hydrogen) atoms. The highest BCUT2D eigenvalue weighted by atomic mass is 16.3. The number of hydrogen-bond acceptors (Lipinski definition) is 3. The Morgan fingerprint density at radius 1 is 1.60 bits per heavy atom. The van der Waals surface area contributed by atoms with Gasteiger partial charge in [0.15, 0.2) is 0 Å². The number of amides is 1. The zero-order valence-electron chi connectivity index (χ0n) is 8.60. The van der Waals surface area contributed by atoms with Crippen molar-refractivity contribution in [2.75, 3.05) is 6.54 Å². The van der Waals surface area contributed by atoms with Gasteiger partial charge < -0.3 is 10.4 Å². The predicted molar refractivity (Wildman–Crippen MR) is 58.2 cm³/mol. The minimum absolute atomic E-state index is 0.0255. The third-order valence-electron chi connectivity index (χ3n) is 1.74. The second-order valence-corrected chi connectivity index (χ2v) is 3.15. The lowest BCUT2D eigenvalue weighted by atomic mass is 10.2. The minimum Gasteiger partial charge on any atom is -0.506 e. The van der Waals surface area contributed by atoms with Gasteiger partial charge >= 0.3 is 0 Å². The van der Waals surface area contributed by atoms with E-state index in [0.29, 0.717) is 6.54 Å². The monoisotopic (exact) mass is 206 g/mol. The quantitative estimate of drug-likeness (QED) is 0.730. The number of aromatic nitrogens is 1. The molecule has 0 aliphatic heterocycles. The fourth-order valence-corrected chi connectivity index (χ4v) is 1.09. The molecule has 1 aromatic heterocycles. The van der Waals surface area contributed by atoms with Gasteiger partial charge in [0.25, 0.3) is 0 Å². The zero-order chi connectivity index (χ0) is 11.1. The van der Waals surface area contributed by atoms with E-state index in [1.165, 1.54) is 13.1 Å². The molecule has 2 N–H and O–H groups in total. The summed E-state index contributed by atoms with van der Waals surface area (Å²) in [7, 11) is 0. The molecule has 4 nitrogen and oxygen atoms in total. The highest BCUT2D eigenvalue weighted by Gasteiger charge is 1.90. The topological polar surface area (TPSA) is 62.2 Å². The van der Waals surface area contributed by atoms with Gasteiger partial charge in [0, 0.05) is 19.7 Å². The van der Waals surface area contributed by atoms with Gasteiger partial charge in [-0.25, -0.2) is 0 Å². The number of carbonyl (C=O) groups is 1. The maximum Gasteiger partial charge on any atom is 0.216 e. The van der Waals surface area contributed by atoms with Crippen molar-refractivity contribution in [3.05, 3.63) is 30.1 Å². The molecule has 0 aliphatic carbocycles. The van der Waals surface area contributed by atoms with Crippen LogP contribution in [0.2, 0.25) is 0 Å². The lowest BCUT2D eigenvalue weighted by Crippen LogP contribution is -2.20. The van der Waals surface area contributed by atoms with Gasteiger partial charge in [-0.3, -0.25) is 9.78 Å². The largest absolute Gasteiger partial charge is 0.506 e. The fraction of sp³-hybridized carbons (Fsp3) is 0.273. The van der Waals surface area contributed by atoms with Crippen LogP contribution in [0.25, 0.3) is 6.08 Å². The summed E-state index contributed by atoms with van der Waals surface area (Å²) < 4.78 is 0. The van der Waals surface area contributed by atoms with Crippen LogP contribution in [0.1, 0.15) is 18.9 Å². The average molecular weight is 206 g/mol. The Morgan fingerprint density at radius 2 is 2.40 bits per heavy atom. The van der Waals surface area contributed by atoms with Gasteiger partial charge in [-0.05, 0) is 18.1 Å². The van der Waals surface area contributed by atoms with Crippen LogP contribution < -0.4 is 5.32 Å². The van der Waals surface area contributed by atoms with Crippen LogP contribution in [0.15, 0.2) is 24.5 Å². The Balaban J connectivity index is 2.35. The average Bonchev–Trinajstić information content (AvgIpc) is 2.17. The predicted octanol–water partition coefficient (Wildman–Crippen LogP) is 1.33. The summed E-state index contributed by atoms with van der Waals surface area (Å²) in [6.07, 6.45) is 7.58. The van der Waals surface area contributed by atoms with E-state index in [1.54, 1.807) is 12.3 Å². The van der Waals surface area contributed by atoms with Crippen molar-refractivity contribution < 1.29 is 9.90 Å². The SMILES string of the molecule is CC(=O)NCCC=Cc1cncc(O)c1. The Hall–Kier alpha value is -1.84. The molecule has 0 bridgehead atoms. The lowest BCUT2D eigenvalue weighted by molar-refractivity contribution is -0.118. The highest BCUT2D eigenvalue weighted by molar-refractivity contribution is 5.72. The molecule has 1 rings (SSSR count). The number of aromatic hydroxyl groups is 1. The molecule has 1 heterocycles. The van der Waals surface area contributed by atoms with E-state index in [2.05, 4.69) is 10.3 Å². The molecule has 0 unspecified atom stereocenters. The van der Waals surface area contributed by atoms with Gasteiger partial charge in [-0.15, -0.1) is 0 Å². The summed E-state index contributed by atoms with van der Waals surface area (Å²) in [5, 5.41) is 11.8. The Bertz CT molecular complexity index is 361. The Morgan fingerprint density at radius 3 is 3.07 bits per heavy atom. The number of nitrogens with one attached hydrogen (secondary N) is 1. The summed E-state index contributed by atoms with van der Waals surface area (Å²) in [5.41, 5.74) is 0.845. The van der Waals surface area contributed by atoms with E-state index in [9.17, 15) is 4.79 Å². The summed E-state index contributed by atoms with van der Waals surface area (Å²) in [6.45, 7) is 2.11. The molecular formula is C11H14N2O2. The fourth-order valence-electron chi connectivity index (χ4n) is 1.09. The first-order valence-corrected chi connectivity index (χ1v) is 4.73. The van der Waals surface area contributed by atoms with Crippen LogP contribution >= 0.6 is 0 Å². The van der Waals surface area contributed by atoms with Gasteiger partial charge in [-0.2, -0.15) is 0 Å². The third kappa shape index (κ3) is 4.81. The lowest BCUT2D eigenvalue weighted by Gasteiger charge is -1.97. The zero-order valence-corrected chi connectivity index (χ0v) is 8.60. The minimum atomic E-state index is -0.0255. The van der Waals surface area contributed by atoms with Gasteiger partial charge in [0.2, 0.25) is 5.91 Å². The standard InChI is InChI=1S/C11H14N2O2/c1-9(14)13-5-3-2-4-10-6-11(15)8-12-7-10/h2,4,6-8,15H,3,5H2,1H3,(H,13,14). The van der Waals surface area contributed by atoms with E-state index >= 15 is 0 Å². The normalized spacial score (nSPS) is 10.5. The summed E-state index contributed by atoms with van der Waals surface area (Å²) in [5.74, 6) is 0.126. The Labute approximate surface area is 88.7 Å². The molecule has 0 fully saturated rings. The summed E-state index contributed by atoms with van der Waals surface area (Å²) in [6, 6.07) is 1.63. The van der Waals surface area contributed by atoms with E-state index in [4.69, 9.17) is 5.11 Å². The number of pyridine rings is 1. The second kappa shape index (κ2) is 5.80. The number of nitrogens with zero attached hydrogens (tertiary/aromatic N) is 1. The van der Waals surface area contributed by atoms with Crippen molar-refractivity contribution in [1.82, 2.24) is 10.3 Å². The van der Waals surface area contributed by atoms with Crippen LogP contribution in [0.5, 0.6) is 5.75 Å². The smallest absolute Gasteiger partial charge is 0.216 e. The molecule has 0 atom stereocenters. The van der Waals surface area contributed by atoms with E-state index in [-0.39, 0.29) is 11.7 Å². The third-order valence-corrected chi connectivity index (χ3v) is 1.74. The molecule has 1 aromatic rings. The van der Waals surface area contributed by atoms with Crippen molar-refractivity contribution in [1.29, 1.82) is 0 Å². The van der Waals surface area contributed by atoms with E-state index in [1.807, 2.05) is 12.2 Å². The molecule has 4 heteroatoms. The van der Waals surface area contributed by atoms with Crippen LogP contribution in [-0.4, -0.2) is 22.5 Å². The second-order valence-electron chi connectivity index (χ2n) is 3.15. The molecule has 0 saturated carbocycles. The summed E-state index contributed by atoms with van der Waals surface area (Å²) in [4.78, 5) is 14.4. The maximum absolute atomic E-state index is 10.5. The van der Waals surface area contributed by atoms with Crippen molar-refractivity contribution in [2.24, 2.45) is 0 Å². The molecule has 0 aliphatic rings. The number of rotatable bonds is 4. The first-order chi connectivity index (χ1) is 7.18. The van der Waals surface area contributed by atoms with Gasteiger partial charge in [-0.1, -0.05) is 12.2 Å². The molecule has 0 saturated heterocycles. The van der Waals surface area contributed by atoms with Crippen molar-refractivity contribution >= 4 is 12.0 Å². The maximum atomic E-state index is 10.5. The van der Waals surface area contributed by atoms with E-state index in [0.717, 1.165) is 12.0 Å². The molecule has 80 valence electrons. The summed E-state index contributed by atoms with van der Waals surface area (Å²) >= 11 is 0. The van der Waals surface area contributed by atoms with E-state index < -0.39 is 0 Å². The number of hydrogen-bond donors (Lipinski definition) is 2. The van der Waals surface area contributed by atoms with Crippen LogP contribution in [0.3, 0.4) is 0 Å². The van der Waals surface area contributed by atoms with Crippen molar-refractivity contribution in [3.63, 3.8) is 0 Å². The van der Waals surface area contributed by atoms with Crippen LogP contribution in [-0.2, 0) is 4.79 Å².